The fraction of sp³-hybridized carbons (Fsp3) is 0.538. The molecule has 0 aliphatic heterocycles. The molecule has 1 nitrogen and oxygen atoms in total. The highest BCUT2D eigenvalue weighted by Crippen LogP contribution is 2.33. The van der Waals surface area contributed by atoms with Gasteiger partial charge in [0.15, 0.2) is 0 Å². The van der Waals surface area contributed by atoms with Gasteiger partial charge in [-0.2, -0.15) is 11.8 Å². The Morgan fingerprint density at radius 2 is 2.13 bits per heavy atom. The Morgan fingerprint density at radius 3 is 2.80 bits per heavy atom. The largest absolute Gasteiger partial charge is 0.327 e. The lowest BCUT2D eigenvalue weighted by molar-refractivity contribution is 0.659. The molecule has 0 radical (unpaired) electrons. The summed E-state index contributed by atoms with van der Waals surface area (Å²) < 4.78 is 0. The van der Waals surface area contributed by atoms with Crippen molar-refractivity contribution in [1.82, 2.24) is 0 Å². The van der Waals surface area contributed by atoms with Crippen LogP contribution in [-0.4, -0.2) is 11.8 Å². The van der Waals surface area contributed by atoms with E-state index in [-0.39, 0.29) is 0 Å². The van der Waals surface area contributed by atoms with Crippen molar-refractivity contribution in [2.45, 2.75) is 31.6 Å². The minimum atomic E-state index is 0.430. The zero-order valence-electron chi connectivity index (χ0n) is 9.28. The standard InChI is InChI=1S/C13H19NS/c1-10-4-2-3-5-12(10)8-15-9-13(14)11-6-7-11/h2-5,11,13H,6-9,14H2,1H3. The van der Waals surface area contributed by atoms with Crippen LogP contribution in [0.3, 0.4) is 0 Å². The van der Waals surface area contributed by atoms with Gasteiger partial charge in [-0.05, 0) is 36.8 Å². The van der Waals surface area contributed by atoms with E-state index in [9.17, 15) is 0 Å². The van der Waals surface area contributed by atoms with Gasteiger partial charge in [0.2, 0.25) is 0 Å². The molecule has 1 saturated carbocycles. The summed E-state index contributed by atoms with van der Waals surface area (Å²) >= 11 is 1.97. The summed E-state index contributed by atoms with van der Waals surface area (Å²) in [4.78, 5) is 0. The van der Waals surface area contributed by atoms with Crippen LogP contribution in [0.25, 0.3) is 0 Å². The second kappa shape index (κ2) is 5.04. The Morgan fingerprint density at radius 1 is 1.40 bits per heavy atom. The molecule has 0 amide bonds. The summed E-state index contributed by atoms with van der Waals surface area (Å²) in [5.41, 5.74) is 8.90. The average molecular weight is 221 g/mol. The fourth-order valence-corrected chi connectivity index (χ4v) is 2.94. The van der Waals surface area contributed by atoms with Crippen LogP contribution in [-0.2, 0) is 5.75 Å². The summed E-state index contributed by atoms with van der Waals surface area (Å²) in [5.74, 6) is 3.04. The first-order valence-corrected chi connectivity index (χ1v) is 6.80. The van der Waals surface area contributed by atoms with Gasteiger partial charge in [0.25, 0.3) is 0 Å². The molecule has 1 aliphatic carbocycles. The maximum absolute atomic E-state index is 6.06. The van der Waals surface area contributed by atoms with Gasteiger partial charge in [0, 0.05) is 17.5 Å². The van der Waals surface area contributed by atoms with Gasteiger partial charge in [0.05, 0.1) is 0 Å². The van der Waals surface area contributed by atoms with Crippen LogP contribution in [0, 0.1) is 12.8 Å². The topological polar surface area (TPSA) is 26.0 Å². The maximum Gasteiger partial charge on any atom is 0.0187 e. The summed E-state index contributed by atoms with van der Waals surface area (Å²) in [6.45, 7) is 2.18. The van der Waals surface area contributed by atoms with Crippen molar-refractivity contribution >= 4 is 11.8 Å². The highest BCUT2D eigenvalue weighted by molar-refractivity contribution is 7.98. The molecule has 0 saturated heterocycles. The van der Waals surface area contributed by atoms with Crippen molar-refractivity contribution in [3.05, 3.63) is 35.4 Å². The monoisotopic (exact) mass is 221 g/mol. The first-order chi connectivity index (χ1) is 7.27. The Balaban J connectivity index is 1.75. The number of aryl methyl sites for hydroxylation is 1. The van der Waals surface area contributed by atoms with E-state index in [0.717, 1.165) is 17.4 Å². The minimum Gasteiger partial charge on any atom is -0.327 e. The molecule has 2 N–H and O–H groups in total. The maximum atomic E-state index is 6.06. The van der Waals surface area contributed by atoms with Gasteiger partial charge in [-0.3, -0.25) is 0 Å². The third-order valence-corrected chi connectivity index (χ3v) is 4.19. The number of hydrogen-bond donors (Lipinski definition) is 1. The summed E-state index contributed by atoms with van der Waals surface area (Å²) in [7, 11) is 0. The Bertz CT molecular complexity index is 320. The number of thioether (sulfide) groups is 1. The Labute approximate surface area is 96.4 Å². The van der Waals surface area contributed by atoms with E-state index in [2.05, 4.69) is 31.2 Å². The van der Waals surface area contributed by atoms with Crippen LogP contribution in [0.2, 0.25) is 0 Å². The average Bonchev–Trinajstić information content (AvgIpc) is 3.04. The van der Waals surface area contributed by atoms with Crippen LogP contribution in [0.4, 0.5) is 0 Å². The summed E-state index contributed by atoms with van der Waals surface area (Å²) in [6.07, 6.45) is 2.71. The summed E-state index contributed by atoms with van der Waals surface area (Å²) in [6, 6.07) is 9.03. The van der Waals surface area contributed by atoms with E-state index in [1.54, 1.807) is 0 Å². The normalized spacial score (nSPS) is 17.7. The fourth-order valence-electron chi connectivity index (χ4n) is 1.74. The molecule has 1 aromatic rings. The molecule has 2 heteroatoms. The van der Waals surface area contributed by atoms with Crippen LogP contribution >= 0.6 is 11.8 Å². The molecule has 0 heterocycles. The van der Waals surface area contributed by atoms with Crippen LogP contribution < -0.4 is 5.73 Å². The van der Waals surface area contributed by atoms with E-state index >= 15 is 0 Å². The third-order valence-electron chi connectivity index (χ3n) is 3.06. The van der Waals surface area contributed by atoms with Crippen LogP contribution in [0.15, 0.2) is 24.3 Å². The SMILES string of the molecule is Cc1ccccc1CSCC(N)C1CC1. The van der Waals surface area contributed by atoms with Gasteiger partial charge in [0.1, 0.15) is 0 Å². The van der Waals surface area contributed by atoms with Gasteiger partial charge < -0.3 is 5.73 Å². The molecule has 82 valence electrons. The van der Waals surface area contributed by atoms with Gasteiger partial charge in [-0.25, -0.2) is 0 Å². The molecule has 15 heavy (non-hydrogen) atoms. The van der Waals surface area contributed by atoms with Crippen molar-refractivity contribution in [2.75, 3.05) is 5.75 Å². The lowest BCUT2D eigenvalue weighted by atomic mass is 10.1. The molecule has 0 aromatic heterocycles. The minimum absolute atomic E-state index is 0.430. The molecule has 2 rings (SSSR count). The summed E-state index contributed by atoms with van der Waals surface area (Å²) in [5, 5.41) is 0. The smallest absolute Gasteiger partial charge is 0.0187 e. The van der Waals surface area contributed by atoms with Gasteiger partial charge in [-0.15, -0.1) is 0 Å². The zero-order valence-corrected chi connectivity index (χ0v) is 10.1. The molecule has 1 aliphatic rings. The second-order valence-electron chi connectivity index (χ2n) is 4.44. The Hall–Kier alpha value is -0.470. The van der Waals surface area contributed by atoms with E-state index in [4.69, 9.17) is 5.73 Å². The predicted octanol–water partition coefficient (Wildman–Crippen LogP) is 2.97. The first-order valence-electron chi connectivity index (χ1n) is 5.65. The molecule has 0 bridgehead atoms. The van der Waals surface area contributed by atoms with Crippen LogP contribution in [0.5, 0.6) is 0 Å². The number of rotatable bonds is 5. The van der Waals surface area contributed by atoms with Crippen LogP contribution in [0.1, 0.15) is 24.0 Å². The number of nitrogens with two attached hydrogens (primary N) is 1. The highest BCUT2D eigenvalue weighted by atomic mass is 32.2. The van der Waals surface area contributed by atoms with Crippen molar-refractivity contribution in [3.63, 3.8) is 0 Å². The lowest BCUT2D eigenvalue weighted by Gasteiger charge is -2.10. The zero-order chi connectivity index (χ0) is 10.7. The quantitative estimate of drug-likeness (QED) is 0.827. The molecule has 1 atom stereocenters. The van der Waals surface area contributed by atoms with Gasteiger partial charge in [-0.1, -0.05) is 24.3 Å². The first kappa shape index (κ1) is 11.0. The number of benzene rings is 1. The molecule has 1 fully saturated rings. The van der Waals surface area contributed by atoms with Crippen molar-refractivity contribution in [2.24, 2.45) is 11.7 Å². The van der Waals surface area contributed by atoms with E-state index < -0.39 is 0 Å². The molecule has 1 unspecified atom stereocenters. The Kier molecular flexibility index (Phi) is 3.71. The molecular weight excluding hydrogens is 202 g/mol. The van der Waals surface area contributed by atoms with E-state index in [0.29, 0.717) is 6.04 Å². The van der Waals surface area contributed by atoms with Crippen molar-refractivity contribution < 1.29 is 0 Å². The third kappa shape index (κ3) is 3.25. The van der Waals surface area contributed by atoms with Crippen molar-refractivity contribution in [3.8, 4) is 0 Å². The predicted molar refractivity (Wildman–Crippen MR) is 68.0 cm³/mol. The molecule has 1 aromatic carbocycles. The van der Waals surface area contributed by atoms with Gasteiger partial charge >= 0.3 is 0 Å². The van der Waals surface area contributed by atoms with E-state index in [1.807, 2.05) is 11.8 Å². The number of hydrogen-bond acceptors (Lipinski definition) is 2. The highest BCUT2D eigenvalue weighted by Gasteiger charge is 2.27. The molecule has 0 spiro atoms. The van der Waals surface area contributed by atoms with Crippen molar-refractivity contribution in [1.29, 1.82) is 0 Å². The van der Waals surface area contributed by atoms with E-state index in [1.165, 1.54) is 24.0 Å². The molecular formula is C13H19NS. The second-order valence-corrected chi connectivity index (χ2v) is 5.47. The lowest BCUT2D eigenvalue weighted by Crippen LogP contribution is -2.25.